The summed E-state index contributed by atoms with van der Waals surface area (Å²) in [6.45, 7) is 3.87. The smallest absolute Gasteiger partial charge is 0.191 e. The third-order valence-corrected chi connectivity index (χ3v) is 4.39. The molecule has 0 saturated carbocycles. The average Bonchev–Trinajstić information content (AvgIpc) is 3.07. The lowest BCUT2D eigenvalue weighted by Gasteiger charge is -2.21. The Morgan fingerprint density at radius 1 is 1.31 bits per heavy atom. The van der Waals surface area contributed by atoms with Crippen LogP contribution in [0.25, 0.3) is 0 Å². The van der Waals surface area contributed by atoms with Crippen molar-refractivity contribution < 1.29 is 8.78 Å². The molecule has 5 nitrogen and oxygen atoms in total. The van der Waals surface area contributed by atoms with E-state index in [4.69, 9.17) is 0 Å². The van der Waals surface area contributed by atoms with Crippen LogP contribution in [0.4, 0.5) is 14.5 Å². The number of aliphatic imine (C=N–C) groups is 1. The molecule has 26 heavy (non-hydrogen) atoms. The molecule has 138 valence electrons. The van der Waals surface area contributed by atoms with Gasteiger partial charge in [-0.1, -0.05) is 6.07 Å². The van der Waals surface area contributed by atoms with Crippen molar-refractivity contribution in [3.05, 3.63) is 59.4 Å². The molecule has 1 saturated heterocycles. The Hall–Kier alpha value is -2.70. The number of nitrogens with one attached hydrogen (secondary N) is 2. The van der Waals surface area contributed by atoms with Crippen molar-refractivity contribution in [2.24, 2.45) is 4.99 Å². The Morgan fingerprint density at radius 3 is 2.88 bits per heavy atom. The molecule has 0 amide bonds. The van der Waals surface area contributed by atoms with Crippen LogP contribution in [0.1, 0.15) is 17.8 Å². The maximum atomic E-state index is 14.0. The van der Waals surface area contributed by atoms with E-state index >= 15 is 0 Å². The highest BCUT2D eigenvalue weighted by Gasteiger charge is 2.25. The zero-order chi connectivity index (χ0) is 18.5. The fourth-order valence-corrected chi connectivity index (χ4v) is 3.09. The number of aromatic nitrogens is 1. The molecular weight excluding hydrogens is 336 g/mol. The number of pyridine rings is 1. The molecule has 0 spiro atoms. The molecule has 1 unspecified atom stereocenters. The van der Waals surface area contributed by atoms with Gasteiger partial charge in [0.25, 0.3) is 0 Å². The van der Waals surface area contributed by atoms with Crippen LogP contribution in [0, 0.1) is 18.6 Å². The number of hydrogen-bond acceptors (Lipinski definition) is 3. The van der Waals surface area contributed by atoms with E-state index in [9.17, 15) is 8.78 Å². The number of guanidine groups is 1. The highest BCUT2D eigenvalue weighted by atomic mass is 19.1. The predicted octanol–water partition coefficient (Wildman–Crippen LogP) is 2.61. The molecule has 1 aliphatic heterocycles. The first kappa shape index (κ1) is 18.1. The van der Waals surface area contributed by atoms with Gasteiger partial charge in [0.2, 0.25) is 0 Å². The fraction of sp³-hybridized carbons (Fsp3) is 0.368. The van der Waals surface area contributed by atoms with Crippen LogP contribution in [0.2, 0.25) is 0 Å². The fourth-order valence-electron chi connectivity index (χ4n) is 3.09. The van der Waals surface area contributed by atoms with Gasteiger partial charge in [0.05, 0.1) is 17.9 Å². The molecule has 2 N–H and O–H groups in total. The van der Waals surface area contributed by atoms with Crippen molar-refractivity contribution in [1.29, 1.82) is 0 Å². The van der Waals surface area contributed by atoms with Gasteiger partial charge >= 0.3 is 0 Å². The maximum Gasteiger partial charge on any atom is 0.191 e. The molecule has 1 fully saturated rings. The number of hydrogen-bond donors (Lipinski definition) is 2. The molecule has 7 heteroatoms. The van der Waals surface area contributed by atoms with Crippen LogP contribution in [0.5, 0.6) is 0 Å². The van der Waals surface area contributed by atoms with Gasteiger partial charge in [0, 0.05) is 37.9 Å². The maximum absolute atomic E-state index is 14.0. The van der Waals surface area contributed by atoms with Crippen LogP contribution in [0.3, 0.4) is 0 Å². The number of halogens is 2. The highest BCUT2D eigenvalue weighted by molar-refractivity contribution is 5.80. The molecule has 1 aliphatic rings. The van der Waals surface area contributed by atoms with E-state index in [1.165, 1.54) is 12.1 Å². The average molecular weight is 359 g/mol. The Bertz CT molecular complexity index is 793. The Morgan fingerprint density at radius 2 is 2.15 bits per heavy atom. The van der Waals surface area contributed by atoms with Gasteiger partial charge in [-0.15, -0.1) is 0 Å². The Kier molecular flexibility index (Phi) is 5.65. The summed E-state index contributed by atoms with van der Waals surface area (Å²) >= 11 is 0. The lowest BCUT2D eigenvalue weighted by molar-refractivity contribution is 0.580. The lowest BCUT2D eigenvalue weighted by atomic mass is 10.2. The first-order valence-corrected chi connectivity index (χ1v) is 8.65. The molecule has 1 aromatic heterocycles. The number of benzene rings is 1. The van der Waals surface area contributed by atoms with Crippen LogP contribution < -0.4 is 15.5 Å². The van der Waals surface area contributed by atoms with Gasteiger partial charge in [-0.3, -0.25) is 9.98 Å². The monoisotopic (exact) mass is 359 g/mol. The van der Waals surface area contributed by atoms with Crippen molar-refractivity contribution >= 4 is 11.6 Å². The molecule has 1 aromatic carbocycles. The largest absolute Gasteiger partial charge is 0.367 e. The molecule has 3 rings (SSSR count). The van der Waals surface area contributed by atoms with Crippen LogP contribution in [-0.4, -0.2) is 37.1 Å². The predicted molar refractivity (Wildman–Crippen MR) is 99.3 cm³/mol. The van der Waals surface area contributed by atoms with Crippen molar-refractivity contribution in [2.45, 2.75) is 25.9 Å². The third-order valence-electron chi connectivity index (χ3n) is 4.39. The van der Waals surface area contributed by atoms with E-state index in [1.807, 2.05) is 30.0 Å². The minimum atomic E-state index is -0.561. The summed E-state index contributed by atoms with van der Waals surface area (Å²) in [4.78, 5) is 10.6. The van der Waals surface area contributed by atoms with Crippen LogP contribution in [0.15, 0.2) is 41.4 Å². The molecule has 2 aromatic rings. The van der Waals surface area contributed by atoms with Gasteiger partial charge in [-0.2, -0.15) is 0 Å². The van der Waals surface area contributed by atoms with Gasteiger partial charge in [0.15, 0.2) is 5.96 Å². The number of nitrogens with zero attached hydrogens (tertiary/aromatic N) is 3. The van der Waals surface area contributed by atoms with Crippen molar-refractivity contribution in [1.82, 2.24) is 15.6 Å². The van der Waals surface area contributed by atoms with E-state index in [1.54, 1.807) is 7.05 Å². The molecule has 0 radical (unpaired) electrons. The molecule has 0 bridgehead atoms. The summed E-state index contributed by atoms with van der Waals surface area (Å²) < 4.78 is 27.0. The Labute approximate surface area is 152 Å². The molecule has 0 aliphatic carbocycles. The number of rotatable bonds is 4. The van der Waals surface area contributed by atoms with Crippen LogP contribution in [-0.2, 0) is 6.54 Å². The van der Waals surface area contributed by atoms with E-state index in [0.717, 1.165) is 23.9 Å². The summed E-state index contributed by atoms with van der Waals surface area (Å²) in [5.74, 6) is -0.409. The van der Waals surface area contributed by atoms with E-state index in [2.05, 4.69) is 20.6 Å². The molecular formula is C19H23F2N5. The summed E-state index contributed by atoms with van der Waals surface area (Å²) in [5, 5.41) is 6.60. The van der Waals surface area contributed by atoms with E-state index in [-0.39, 0.29) is 6.04 Å². The quantitative estimate of drug-likeness (QED) is 0.651. The van der Waals surface area contributed by atoms with Gasteiger partial charge < -0.3 is 15.5 Å². The summed E-state index contributed by atoms with van der Waals surface area (Å²) in [6, 6.07) is 9.72. The van der Waals surface area contributed by atoms with Crippen molar-refractivity contribution in [2.75, 3.05) is 25.0 Å². The topological polar surface area (TPSA) is 52.6 Å². The lowest BCUT2D eigenvalue weighted by Crippen LogP contribution is -2.44. The van der Waals surface area contributed by atoms with Crippen LogP contribution >= 0.6 is 0 Å². The van der Waals surface area contributed by atoms with E-state index < -0.39 is 11.6 Å². The molecule has 2 heterocycles. The minimum Gasteiger partial charge on any atom is -0.367 e. The summed E-state index contributed by atoms with van der Waals surface area (Å²) in [6.07, 6.45) is 0.847. The van der Waals surface area contributed by atoms with Crippen molar-refractivity contribution in [3.8, 4) is 0 Å². The Balaban J connectivity index is 1.55. The van der Waals surface area contributed by atoms with E-state index in [0.29, 0.717) is 31.3 Å². The second-order valence-corrected chi connectivity index (χ2v) is 6.37. The summed E-state index contributed by atoms with van der Waals surface area (Å²) in [7, 11) is 1.71. The first-order chi connectivity index (χ1) is 12.5. The number of aryl methyl sites for hydroxylation is 1. The van der Waals surface area contributed by atoms with Gasteiger partial charge in [0.1, 0.15) is 11.6 Å². The third kappa shape index (κ3) is 4.47. The first-order valence-electron chi connectivity index (χ1n) is 8.65. The number of anilines is 1. The zero-order valence-corrected chi connectivity index (χ0v) is 15.0. The van der Waals surface area contributed by atoms with Crippen molar-refractivity contribution in [3.63, 3.8) is 0 Å². The normalized spacial score (nSPS) is 17.5. The van der Waals surface area contributed by atoms with Gasteiger partial charge in [-0.25, -0.2) is 8.78 Å². The summed E-state index contributed by atoms with van der Waals surface area (Å²) in [5.41, 5.74) is 2.34. The standard InChI is InChI=1S/C19H23F2N5/c1-13-4-3-5-15(24-13)11-23-19(22-2)25-16-8-9-26(12-16)18-7-6-14(20)10-17(18)21/h3-7,10,16H,8-9,11-12H2,1-2H3,(H2,22,23,25). The molecule has 1 atom stereocenters. The zero-order valence-electron chi connectivity index (χ0n) is 15.0. The minimum absolute atomic E-state index is 0.135. The van der Waals surface area contributed by atoms with Gasteiger partial charge in [-0.05, 0) is 37.6 Å². The second-order valence-electron chi connectivity index (χ2n) is 6.37. The highest BCUT2D eigenvalue weighted by Crippen LogP contribution is 2.24. The second kappa shape index (κ2) is 8.12. The SMILES string of the molecule is CN=C(NCc1cccc(C)n1)NC1CCN(c2ccc(F)cc2F)C1.